The standard InChI is InChI=1S/C49H80N2O16/c1-27(2)23-39(55)65-45-31(6)61-42(25-36(45)54)66-46-32(7)62-49(44(57)43(46)51(11)12)67-47-34(21-22-52)24-28(3)37(64-41-20-19-35(50(9)10)30(5)60-41)18-16-14-15-17-29(4)59-40(56)26-38(48(47)58-13)63-33(8)53/h14-16,18,22,27-32,34-35,37-38,41-44,46-49,54,57H,17,19-21,23-26H2,1-13H3/b15-14+,18-16+. The molecule has 382 valence electrons. The number of cyclic esters (lactones) is 1. The van der Waals surface area contributed by atoms with Gasteiger partial charge in [0.15, 0.2) is 24.6 Å². The lowest BCUT2D eigenvalue weighted by Crippen LogP contribution is -2.65. The molecule has 17 atom stereocenters. The molecule has 0 bridgehead atoms. The molecule has 4 rings (SSSR count). The molecule has 4 aliphatic heterocycles. The minimum atomic E-state index is -1.40. The van der Waals surface area contributed by atoms with E-state index >= 15 is 0 Å². The lowest BCUT2D eigenvalue weighted by Gasteiger charge is -2.49. The van der Waals surface area contributed by atoms with Crippen LogP contribution in [0.25, 0.3) is 0 Å². The van der Waals surface area contributed by atoms with E-state index in [1.807, 2.05) is 66.1 Å². The smallest absolute Gasteiger partial charge is 0.311 e. The Morgan fingerprint density at radius 2 is 1.61 bits per heavy atom. The molecule has 18 nitrogen and oxygen atoms in total. The van der Waals surface area contributed by atoms with Crippen molar-refractivity contribution >= 4 is 24.2 Å². The molecule has 0 saturated carbocycles. The van der Waals surface area contributed by atoms with Crippen LogP contribution in [0.3, 0.4) is 0 Å². The number of carbonyl (C=O) groups excluding carboxylic acids is 4. The first kappa shape index (κ1) is 56.3. The molecule has 4 aliphatic rings. The summed E-state index contributed by atoms with van der Waals surface area (Å²) in [7, 11) is 8.99. The zero-order valence-corrected chi connectivity index (χ0v) is 41.9. The van der Waals surface area contributed by atoms with Crippen LogP contribution in [0.4, 0.5) is 0 Å². The molecule has 0 amide bonds. The summed E-state index contributed by atoms with van der Waals surface area (Å²) < 4.78 is 62.1. The number of aliphatic hydroxyl groups is 2. The van der Waals surface area contributed by atoms with Crippen molar-refractivity contribution in [3.05, 3.63) is 35.8 Å². The molecule has 2 saturated heterocycles. The van der Waals surface area contributed by atoms with E-state index in [0.717, 1.165) is 12.7 Å². The van der Waals surface area contributed by atoms with Crippen molar-refractivity contribution in [1.29, 1.82) is 0 Å². The molecule has 2 fully saturated rings. The van der Waals surface area contributed by atoms with Crippen molar-refractivity contribution in [1.82, 2.24) is 9.80 Å². The van der Waals surface area contributed by atoms with E-state index in [2.05, 4.69) is 4.90 Å². The molecular formula is C49H80N2O16. The maximum Gasteiger partial charge on any atom is 0.311 e. The number of aliphatic hydroxyl groups excluding tert-OH is 2. The highest BCUT2D eigenvalue weighted by Crippen LogP contribution is 2.37. The van der Waals surface area contributed by atoms with Gasteiger partial charge in [-0.25, -0.2) is 0 Å². The van der Waals surface area contributed by atoms with Crippen LogP contribution in [-0.4, -0.2) is 172 Å². The molecule has 2 N–H and O–H groups in total. The van der Waals surface area contributed by atoms with Crippen molar-refractivity contribution < 1.29 is 76.8 Å². The second-order valence-corrected chi connectivity index (χ2v) is 19.4. The molecular weight excluding hydrogens is 873 g/mol. The van der Waals surface area contributed by atoms with Gasteiger partial charge in [-0.2, -0.15) is 0 Å². The van der Waals surface area contributed by atoms with Crippen LogP contribution >= 0.6 is 0 Å². The van der Waals surface area contributed by atoms with Crippen molar-refractivity contribution in [2.24, 2.45) is 17.8 Å². The zero-order valence-electron chi connectivity index (χ0n) is 41.9. The van der Waals surface area contributed by atoms with E-state index in [-0.39, 0.29) is 54.8 Å². The van der Waals surface area contributed by atoms with Gasteiger partial charge in [-0.3, -0.25) is 14.4 Å². The molecule has 0 aliphatic carbocycles. The van der Waals surface area contributed by atoms with Gasteiger partial charge in [0.1, 0.15) is 48.7 Å². The minimum Gasteiger partial charge on any atom is -0.508 e. The van der Waals surface area contributed by atoms with Gasteiger partial charge >= 0.3 is 17.9 Å². The van der Waals surface area contributed by atoms with Gasteiger partial charge in [0.2, 0.25) is 0 Å². The molecule has 0 aromatic rings. The average Bonchev–Trinajstić information content (AvgIpc) is 3.21. The van der Waals surface area contributed by atoms with Gasteiger partial charge in [-0.1, -0.05) is 45.1 Å². The highest BCUT2D eigenvalue weighted by molar-refractivity contribution is 5.72. The van der Waals surface area contributed by atoms with Crippen LogP contribution in [-0.2, 0) is 66.5 Å². The lowest BCUT2D eigenvalue weighted by atomic mass is 9.82. The number of ether oxygens (including phenoxy) is 10. The monoisotopic (exact) mass is 953 g/mol. The van der Waals surface area contributed by atoms with E-state index in [9.17, 15) is 29.4 Å². The Morgan fingerprint density at radius 1 is 0.896 bits per heavy atom. The fourth-order valence-electron chi connectivity index (χ4n) is 9.55. The molecule has 0 aromatic carbocycles. The molecule has 0 radical (unpaired) electrons. The average molecular weight is 953 g/mol. The zero-order chi connectivity index (χ0) is 49.7. The molecule has 4 heterocycles. The Kier molecular flexibility index (Phi) is 22.4. The summed E-state index contributed by atoms with van der Waals surface area (Å²) in [6.07, 6.45) is -1.10. The van der Waals surface area contributed by atoms with Gasteiger partial charge in [-0.05, 0) is 92.9 Å². The molecule has 67 heavy (non-hydrogen) atoms. The van der Waals surface area contributed by atoms with E-state index in [1.54, 1.807) is 39.8 Å². The largest absolute Gasteiger partial charge is 0.508 e. The normalized spacial score (nSPS) is 38.3. The summed E-state index contributed by atoms with van der Waals surface area (Å²) in [5.41, 5.74) is 0. The third-order valence-electron chi connectivity index (χ3n) is 12.8. The van der Waals surface area contributed by atoms with Crippen molar-refractivity contribution in [2.75, 3.05) is 35.3 Å². The number of rotatable bonds is 15. The van der Waals surface area contributed by atoms with Crippen LogP contribution in [0.2, 0.25) is 0 Å². The summed E-state index contributed by atoms with van der Waals surface area (Å²) >= 11 is 0. The van der Waals surface area contributed by atoms with E-state index in [1.165, 1.54) is 14.0 Å². The fraction of sp³-hybridized carbons (Fsp3) is 0.796. The number of allylic oxidation sites excluding steroid dienone is 2. The Labute approximate surface area is 397 Å². The predicted molar refractivity (Wildman–Crippen MR) is 245 cm³/mol. The Balaban J connectivity index is 1.70. The number of likely N-dealkylation sites (N-methyl/N-ethyl adjacent to an activating group) is 2. The Hall–Kier alpha value is -3.30. The Bertz CT molecular complexity index is 1690. The van der Waals surface area contributed by atoms with Gasteiger partial charge in [0.05, 0.1) is 43.3 Å². The van der Waals surface area contributed by atoms with Crippen molar-refractivity contribution in [3.8, 4) is 0 Å². The van der Waals surface area contributed by atoms with Crippen LogP contribution in [0.1, 0.15) is 107 Å². The topological polar surface area (TPSA) is 208 Å². The summed E-state index contributed by atoms with van der Waals surface area (Å²) in [6, 6.07) is -0.555. The summed E-state index contributed by atoms with van der Waals surface area (Å²) in [5, 5.41) is 23.3. The summed E-state index contributed by atoms with van der Waals surface area (Å²) in [4.78, 5) is 55.3. The summed E-state index contributed by atoms with van der Waals surface area (Å²) in [6.45, 7) is 14.2. The third-order valence-corrected chi connectivity index (χ3v) is 12.8. The highest BCUT2D eigenvalue weighted by Gasteiger charge is 2.51. The number of methoxy groups -OCH3 is 1. The highest BCUT2D eigenvalue weighted by atomic mass is 16.7. The molecule has 17 unspecified atom stereocenters. The minimum absolute atomic E-state index is 0.0212. The third kappa shape index (κ3) is 16.4. The first-order valence-corrected chi connectivity index (χ1v) is 23.9. The number of aldehydes is 1. The number of hydrogen-bond acceptors (Lipinski definition) is 18. The van der Waals surface area contributed by atoms with Crippen LogP contribution in [0.15, 0.2) is 35.8 Å². The molecule has 0 aromatic heterocycles. The Morgan fingerprint density at radius 3 is 2.21 bits per heavy atom. The fourth-order valence-corrected chi connectivity index (χ4v) is 9.55. The van der Waals surface area contributed by atoms with E-state index in [0.29, 0.717) is 19.3 Å². The number of hydrogen-bond donors (Lipinski definition) is 2. The second-order valence-electron chi connectivity index (χ2n) is 19.4. The maximum absolute atomic E-state index is 13.5. The van der Waals surface area contributed by atoms with Gasteiger partial charge in [-0.15, -0.1) is 0 Å². The lowest BCUT2D eigenvalue weighted by molar-refractivity contribution is -0.330. The van der Waals surface area contributed by atoms with Crippen molar-refractivity contribution in [3.63, 3.8) is 0 Å². The van der Waals surface area contributed by atoms with E-state index < -0.39 is 110 Å². The van der Waals surface area contributed by atoms with Gasteiger partial charge < -0.3 is 72.2 Å². The van der Waals surface area contributed by atoms with Crippen LogP contribution in [0.5, 0.6) is 0 Å². The van der Waals surface area contributed by atoms with Crippen LogP contribution < -0.4 is 0 Å². The first-order valence-electron chi connectivity index (χ1n) is 23.9. The quantitative estimate of drug-likeness (QED) is 0.124. The molecule has 0 spiro atoms. The predicted octanol–water partition coefficient (Wildman–Crippen LogP) is 5.14. The SMILES string of the molecule is COC1C(OC(C)=O)CC(=O)OC(C)C/C=C/C=C/C(OC2CCC(N(C)C)C(C)O2)C(C)CC(CC=O)C1OC1OC(C)C(OC2CC(O)=C(OC(=O)CC(C)C)C(C)O2)C(N(C)C)C1O. The first-order chi connectivity index (χ1) is 31.6. The second kappa shape index (κ2) is 26.6. The number of esters is 3. The van der Waals surface area contributed by atoms with Gasteiger partial charge in [0.25, 0.3) is 0 Å². The van der Waals surface area contributed by atoms with Crippen molar-refractivity contribution in [2.45, 2.75) is 199 Å². The summed E-state index contributed by atoms with van der Waals surface area (Å²) in [5.74, 6) is -2.86. The number of nitrogens with zero attached hydrogens (tertiary/aromatic N) is 2. The number of carbonyl (C=O) groups is 4. The van der Waals surface area contributed by atoms with Crippen LogP contribution in [0, 0.1) is 17.8 Å². The van der Waals surface area contributed by atoms with E-state index in [4.69, 9.17) is 47.4 Å². The molecule has 18 heteroatoms. The van der Waals surface area contributed by atoms with Gasteiger partial charge in [0, 0.05) is 39.3 Å². The maximum atomic E-state index is 13.5.